The van der Waals surface area contributed by atoms with Gasteiger partial charge in [-0.3, -0.25) is 9.59 Å². The van der Waals surface area contributed by atoms with Gasteiger partial charge in [-0.15, -0.1) is 0 Å². The van der Waals surface area contributed by atoms with Gasteiger partial charge < -0.3 is 25.3 Å². The predicted molar refractivity (Wildman–Crippen MR) is 147 cm³/mol. The molecule has 0 spiro atoms. The first-order chi connectivity index (χ1) is 18.2. The molecule has 5 rings (SSSR count). The summed E-state index contributed by atoms with van der Waals surface area (Å²) in [6.45, 7) is 3.15. The highest BCUT2D eigenvalue weighted by Gasteiger charge is 2.23. The summed E-state index contributed by atoms with van der Waals surface area (Å²) in [6.07, 6.45) is 3.24. The molecule has 0 aliphatic carbocycles. The third kappa shape index (κ3) is 6.37. The normalized spacial score (nSPS) is 14.3. The van der Waals surface area contributed by atoms with Crippen molar-refractivity contribution in [1.29, 1.82) is 0 Å². The Morgan fingerprint density at radius 1 is 0.919 bits per heavy atom. The van der Waals surface area contributed by atoms with Crippen LogP contribution < -0.4 is 15.5 Å². The molecule has 3 aromatic carbocycles. The van der Waals surface area contributed by atoms with Gasteiger partial charge in [-0.05, 0) is 47.9 Å². The van der Waals surface area contributed by atoms with Crippen molar-refractivity contribution in [3.05, 3.63) is 96.2 Å². The lowest BCUT2D eigenvalue weighted by Gasteiger charge is -2.29. The van der Waals surface area contributed by atoms with Gasteiger partial charge in [-0.1, -0.05) is 48.5 Å². The molecule has 1 atom stereocenters. The highest BCUT2D eigenvalue weighted by molar-refractivity contribution is 5.98. The number of aromatic amines is 1. The number of nitrogens with zero attached hydrogens (tertiary/aromatic N) is 1. The average Bonchev–Trinajstić information content (AvgIpc) is 3.36. The Hall–Kier alpha value is -4.10. The molecule has 7 nitrogen and oxygen atoms in total. The monoisotopic (exact) mass is 496 g/mol. The fourth-order valence-corrected chi connectivity index (χ4v) is 4.71. The van der Waals surface area contributed by atoms with Crippen molar-refractivity contribution in [2.24, 2.45) is 0 Å². The number of anilines is 2. The molecule has 1 aliphatic heterocycles. The van der Waals surface area contributed by atoms with Gasteiger partial charge in [0.05, 0.1) is 13.2 Å². The molecule has 2 amide bonds. The number of carbonyl (C=O) groups excluding carboxylic acids is 2. The van der Waals surface area contributed by atoms with Gasteiger partial charge in [-0.25, -0.2) is 0 Å². The van der Waals surface area contributed by atoms with Crippen molar-refractivity contribution < 1.29 is 14.3 Å². The Kier molecular flexibility index (Phi) is 7.81. The van der Waals surface area contributed by atoms with Crippen LogP contribution in [0.15, 0.2) is 85.1 Å². The van der Waals surface area contributed by atoms with E-state index in [1.807, 2.05) is 85.1 Å². The number of H-pyrrole nitrogens is 1. The Balaban J connectivity index is 1.28. The van der Waals surface area contributed by atoms with Crippen LogP contribution in [0.5, 0.6) is 0 Å². The first kappa shape index (κ1) is 24.6. The van der Waals surface area contributed by atoms with E-state index in [-0.39, 0.29) is 11.8 Å². The summed E-state index contributed by atoms with van der Waals surface area (Å²) in [4.78, 5) is 31.8. The van der Waals surface area contributed by atoms with Crippen LogP contribution in [-0.4, -0.2) is 49.1 Å². The average molecular weight is 497 g/mol. The zero-order valence-corrected chi connectivity index (χ0v) is 20.8. The van der Waals surface area contributed by atoms with Crippen molar-refractivity contribution in [2.75, 3.05) is 36.5 Å². The maximum atomic E-state index is 13.4. The molecule has 1 aliphatic rings. The maximum Gasteiger partial charge on any atom is 0.247 e. The lowest BCUT2D eigenvalue weighted by atomic mass is 10.0. The first-order valence-corrected chi connectivity index (χ1v) is 12.8. The number of rotatable bonds is 9. The van der Waals surface area contributed by atoms with Crippen LogP contribution in [0.1, 0.15) is 17.5 Å². The third-order valence-electron chi connectivity index (χ3n) is 6.75. The van der Waals surface area contributed by atoms with Crippen LogP contribution in [-0.2, 0) is 27.2 Å². The van der Waals surface area contributed by atoms with Gasteiger partial charge in [0.1, 0.15) is 6.04 Å². The minimum Gasteiger partial charge on any atom is -0.378 e. The summed E-state index contributed by atoms with van der Waals surface area (Å²) in [6, 6.07) is 25.0. The van der Waals surface area contributed by atoms with E-state index in [2.05, 4.69) is 20.5 Å². The summed E-state index contributed by atoms with van der Waals surface area (Å²) in [7, 11) is 0. The summed E-state index contributed by atoms with van der Waals surface area (Å²) in [5.74, 6) is -0.385. The lowest BCUT2D eigenvalue weighted by Crippen LogP contribution is -2.45. The van der Waals surface area contributed by atoms with Gasteiger partial charge in [0.2, 0.25) is 11.8 Å². The molecule has 1 saturated heterocycles. The molecular weight excluding hydrogens is 464 g/mol. The van der Waals surface area contributed by atoms with E-state index >= 15 is 0 Å². The summed E-state index contributed by atoms with van der Waals surface area (Å²) in [5.41, 5.74) is 4.89. The zero-order chi connectivity index (χ0) is 25.5. The number of hydrogen-bond acceptors (Lipinski definition) is 4. The Morgan fingerprint density at radius 2 is 1.65 bits per heavy atom. The number of carbonyl (C=O) groups is 2. The SMILES string of the molecule is O=C(CCc1ccccc1)NC(Cc1c[nH]c2ccccc12)C(=O)Nc1ccc(N2CCOCC2)cc1. The summed E-state index contributed by atoms with van der Waals surface area (Å²) in [5, 5.41) is 7.04. The second kappa shape index (κ2) is 11.8. The van der Waals surface area contributed by atoms with Crippen LogP contribution in [0.3, 0.4) is 0 Å². The summed E-state index contributed by atoms with van der Waals surface area (Å²) >= 11 is 0. The largest absolute Gasteiger partial charge is 0.378 e. The van der Waals surface area contributed by atoms with E-state index < -0.39 is 6.04 Å². The van der Waals surface area contributed by atoms with Crippen molar-refractivity contribution in [3.63, 3.8) is 0 Å². The minimum atomic E-state index is -0.707. The topological polar surface area (TPSA) is 86.5 Å². The third-order valence-corrected chi connectivity index (χ3v) is 6.75. The van der Waals surface area contributed by atoms with E-state index in [9.17, 15) is 9.59 Å². The molecule has 0 radical (unpaired) electrons. The van der Waals surface area contributed by atoms with Gasteiger partial charge in [0, 0.05) is 54.4 Å². The van der Waals surface area contributed by atoms with E-state index in [4.69, 9.17) is 4.74 Å². The minimum absolute atomic E-state index is 0.147. The number of aromatic nitrogens is 1. The number of amides is 2. The highest BCUT2D eigenvalue weighted by atomic mass is 16.5. The van der Waals surface area contributed by atoms with Crippen molar-refractivity contribution in [2.45, 2.75) is 25.3 Å². The van der Waals surface area contributed by atoms with E-state index in [1.54, 1.807) is 0 Å². The molecule has 7 heteroatoms. The fraction of sp³-hybridized carbons (Fsp3) is 0.267. The fourth-order valence-electron chi connectivity index (χ4n) is 4.71. The van der Waals surface area contributed by atoms with Gasteiger partial charge in [-0.2, -0.15) is 0 Å². The Morgan fingerprint density at radius 3 is 2.43 bits per heavy atom. The maximum absolute atomic E-state index is 13.4. The van der Waals surface area contributed by atoms with Crippen LogP contribution in [0, 0.1) is 0 Å². The number of aryl methyl sites for hydroxylation is 1. The number of benzene rings is 3. The van der Waals surface area contributed by atoms with Gasteiger partial charge >= 0.3 is 0 Å². The van der Waals surface area contributed by atoms with Crippen LogP contribution >= 0.6 is 0 Å². The van der Waals surface area contributed by atoms with Crippen molar-refractivity contribution in [3.8, 4) is 0 Å². The van der Waals surface area contributed by atoms with Gasteiger partial charge in [0.15, 0.2) is 0 Å². The number of nitrogens with one attached hydrogen (secondary N) is 3. The molecular formula is C30H32N4O3. The number of ether oxygens (including phenoxy) is 1. The number of morpholine rings is 1. The number of hydrogen-bond donors (Lipinski definition) is 3. The number of fused-ring (bicyclic) bond motifs is 1. The zero-order valence-electron chi connectivity index (χ0n) is 20.8. The standard InChI is InChI=1S/C30H32N4O3/c35-29(15-10-22-6-2-1-3-7-22)33-28(20-23-21-31-27-9-5-4-8-26(23)27)30(36)32-24-11-13-25(14-12-24)34-16-18-37-19-17-34/h1-9,11-14,21,28,31H,10,15-20H2,(H,32,36)(H,33,35). The summed E-state index contributed by atoms with van der Waals surface area (Å²) < 4.78 is 5.43. The van der Waals surface area contributed by atoms with E-state index in [0.717, 1.165) is 54.0 Å². The highest BCUT2D eigenvalue weighted by Crippen LogP contribution is 2.21. The van der Waals surface area contributed by atoms with Crippen molar-refractivity contribution in [1.82, 2.24) is 10.3 Å². The van der Waals surface area contributed by atoms with Crippen molar-refractivity contribution >= 4 is 34.1 Å². The lowest BCUT2D eigenvalue weighted by molar-refractivity contribution is -0.126. The molecule has 1 fully saturated rings. The molecule has 37 heavy (non-hydrogen) atoms. The number of para-hydroxylation sites is 1. The van der Waals surface area contributed by atoms with E-state index in [0.29, 0.717) is 24.9 Å². The molecule has 2 heterocycles. The molecule has 190 valence electrons. The second-order valence-electron chi connectivity index (χ2n) is 9.30. The molecule has 3 N–H and O–H groups in total. The molecule has 0 bridgehead atoms. The van der Waals surface area contributed by atoms with Gasteiger partial charge in [0.25, 0.3) is 0 Å². The van der Waals surface area contributed by atoms with Crippen LogP contribution in [0.25, 0.3) is 10.9 Å². The second-order valence-corrected chi connectivity index (χ2v) is 9.30. The van der Waals surface area contributed by atoms with Crippen LogP contribution in [0.4, 0.5) is 11.4 Å². The molecule has 0 saturated carbocycles. The first-order valence-electron chi connectivity index (χ1n) is 12.8. The molecule has 1 unspecified atom stereocenters. The van der Waals surface area contributed by atoms with Crippen LogP contribution in [0.2, 0.25) is 0 Å². The molecule has 4 aromatic rings. The quantitative estimate of drug-likeness (QED) is 0.322. The van der Waals surface area contributed by atoms with E-state index in [1.165, 1.54) is 0 Å². The predicted octanol–water partition coefficient (Wildman–Crippen LogP) is 4.30. The smallest absolute Gasteiger partial charge is 0.247 e. The molecule has 1 aromatic heterocycles. The Labute approximate surface area is 216 Å². The Bertz CT molecular complexity index is 1330.